The Morgan fingerprint density at radius 1 is 1.47 bits per heavy atom. The molecule has 80 valence electrons. The van der Waals surface area contributed by atoms with E-state index in [1.807, 2.05) is 23.1 Å². The molecule has 6 heteroatoms. The zero-order chi connectivity index (χ0) is 10.8. The predicted octanol–water partition coefficient (Wildman–Crippen LogP) is 1.94. The Labute approximate surface area is 96.2 Å². The molecule has 0 aliphatic carbocycles. The summed E-state index contributed by atoms with van der Waals surface area (Å²) in [6.45, 7) is 4.17. The Balaban J connectivity index is 2.28. The highest BCUT2D eigenvalue weighted by Crippen LogP contribution is 2.08. The Bertz CT molecular complexity index is 445. The van der Waals surface area contributed by atoms with E-state index in [-0.39, 0.29) is 0 Å². The van der Waals surface area contributed by atoms with Gasteiger partial charge in [0.1, 0.15) is 0 Å². The number of hydrogen-bond acceptors (Lipinski definition) is 3. The molecule has 2 aromatic heterocycles. The van der Waals surface area contributed by atoms with Crippen LogP contribution >= 0.6 is 15.9 Å². The number of alkyl halides is 1. The number of halogens is 1. The molecule has 0 radical (unpaired) electrons. The summed E-state index contributed by atoms with van der Waals surface area (Å²) in [5.41, 5.74) is 0.897. The maximum Gasteiger partial charge on any atom is 0.176 e. The average molecular weight is 270 g/mol. The minimum atomic E-state index is 0.359. The van der Waals surface area contributed by atoms with Gasteiger partial charge >= 0.3 is 0 Å². The van der Waals surface area contributed by atoms with Crippen molar-refractivity contribution < 1.29 is 0 Å². The molecule has 0 saturated carbocycles. The zero-order valence-electron chi connectivity index (χ0n) is 8.63. The van der Waals surface area contributed by atoms with E-state index < -0.39 is 0 Å². The highest BCUT2D eigenvalue weighted by molar-refractivity contribution is 9.08. The maximum atomic E-state index is 4.39. The van der Waals surface area contributed by atoms with Crippen LogP contribution in [0.1, 0.15) is 25.6 Å². The van der Waals surface area contributed by atoms with Gasteiger partial charge in [-0.25, -0.2) is 4.68 Å². The number of aromatic nitrogens is 5. The summed E-state index contributed by atoms with van der Waals surface area (Å²) in [7, 11) is 0. The molecule has 0 unspecified atom stereocenters. The van der Waals surface area contributed by atoms with Crippen LogP contribution in [-0.2, 0) is 5.33 Å². The van der Waals surface area contributed by atoms with Gasteiger partial charge in [0.2, 0.25) is 0 Å². The number of rotatable bonds is 3. The third kappa shape index (κ3) is 2.09. The molecule has 2 rings (SSSR count). The summed E-state index contributed by atoms with van der Waals surface area (Å²) in [6, 6.07) is 2.28. The number of nitrogens with zero attached hydrogens (tertiary/aromatic N) is 5. The standard InChI is InChI=1S/C9H12BrN5/c1-7(2)14-4-3-9(12-14)15-6-8(5-10)11-13-15/h3-4,6-7H,5H2,1-2H3. The Kier molecular flexibility index (Phi) is 2.86. The molecule has 0 aromatic carbocycles. The van der Waals surface area contributed by atoms with Crippen molar-refractivity contribution in [1.82, 2.24) is 24.8 Å². The van der Waals surface area contributed by atoms with Gasteiger partial charge in [-0.2, -0.15) is 5.10 Å². The van der Waals surface area contributed by atoms with Crippen molar-refractivity contribution in [2.75, 3.05) is 0 Å². The van der Waals surface area contributed by atoms with Crippen LogP contribution in [-0.4, -0.2) is 24.8 Å². The lowest BCUT2D eigenvalue weighted by atomic mass is 10.4. The fraction of sp³-hybridized carbons (Fsp3) is 0.444. The lowest BCUT2D eigenvalue weighted by Gasteiger charge is -2.03. The highest BCUT2D eigenvalue weighted by atomic mass is 79.9. The SMILES string of the molecule is CC(C)n1ccc(-n2cc(CBr)nn2)n1. The van der Waals surface area contributed by atoms with Crippen LogP contribution in [0.3, 0.4) is 0 Å². The van der Waals surface area contributed by atoms with Crippen molar-refractivity contribution in [2.45, 2.75) is 25.2 Å². The van der Waals surface area contributed by atoms with Gasteiger partial charge in [-0.15, -0.1) is 5.10 Å². The first-order chi connectivity index (χ1) is 7.20. The van der Waals surface area contributed by atoms with E-state index in [1.54, 1.807) is 4.68 Å². The molecule has 0 spiro atoms. The maximum absolute atomic E-state index is 4.39. The van der Waals surface area contributed by atoms with Crippen LogP contribution in [0.2, 0.25) is 0 Å². The molecule has 0 bridgehead atoms. The first kappa shape index (κ1) is 10.4. The van der Waals surface area contributed by atoms with Crippen LogP contribution in [0.5, 0.6) is 0 Å². The van der Waals surface area contributed by atoms with Gasteiger partial charge < -0.3 is 0 Å². The van der Waals surface area contributed by atoms with Crippen LogP contribution < -0.4 is 0 Å². The monoisotopic (exact) mass is 269 g/mol. The van der Waals surface area contributed by atoms with Gasteiger partial charge in [0.25, 0.3) is 0 Å². The van der Waals surface area contributed by atoms with Crippen molar-refractivity contribution in [2.24, 2.45) is 0 Å². The largest absolute Gasteiger partial charge is 0.268 e. The summed E-state index contributed by atoms with van der Waals surface area (Å²) >= 11 is 3.33. The van der Waals surface area contributed by atoms with Gasteiger partial charge in [0.15, 0.2) is 5.82 Å². The van der Waals surface area contributed by atoms with E-state index in [0.717, 1.165) is 11.5 Å². The first-order valence-electron chi connectivity index (χ1n) is 4.73. The Morgan fingerprint density at radius 2 is 2.27 bits per heavy atom. The predicted molar refractivity (Wildman–Crippen MR) is 60.2 cm³/mol. The van der Waals surface area contributed by atoms with E-state index in [9.17, 15) is 0 Å². The van der Waals surface area contributed by atoms with Crippen molar-refractivity contribution in [3.05, 3.63) is 24.2 Å². The van der Waals surface area contributed by atoms with Crippen molar-refractivity contribution in [1.29, 1.82) is 0 Å². The minimum absolute atomic E-state index is 0.359. The molecule has 0 aliphatic heterocycles. The number of hydrogen-bond donors (Lipinski definition) is 0. The van der Waals surface area contributed by atoms with E-state index in [1.165, 1.54) is 0 Å². The molecule has 2 heterocycles. The second kappa shape index (κ2) is 4.14. The van der Waals surface area contributed by atoms with E-state index in [0.29, 0.717) is 11.4 Å². The minimum Gasteiger partial charge on any atom is -0.268 e. The normalized spacial score (nSPS) is 11.2. The van der Waals surface area contributed by atoms with Crippen LogP contribution in [0.25, 0.3) is 5.82 Å². The molecular formula is C9H12BrN5. The molecule has 5 nitrogen and oxygen atoms in total. The summed E-state index contributed by atoms with van der Waals surface area (Å²) in [6.07, 6.45) is 3.80. The molecule has 0 atom stereocenters. The topological polar surface area (TPSA) is 48.5 Å². The molecular weight excluding hydrogens is 258 g/mol. The average Bonchev–Trinajstić information content (AvgIpc) is 2.86. The second-order valence-electron chi connectivity index (χ2n) is 3.54. The Hall–Kier alpha value is -1.17. The Morgan fingerprint density at radius 3 is 2.80 bits per heavy atom. The quantitative estimate of drug-likeness (QED) is 0.801. The second-order valence-corrected chi connectivity index (χ2v) is 4.10. The van der Waals surface area contributed by atoms with Crippen LogP contribution in [0.15, 0.2) is 18.5 Å². The molecule has 0 fully saturated rings. The van der Waals surface area contributed by atoms with Gasteiger partial charge in [0, 0.05) is 23.6 Å². The van der Waals surface area contributed by atoms with Crippen LogP contribution in [0.4, 0.5) is 0 Å². The third-order valence-electron chi connectivity index (χ3n) is 2.04. The van der Waals surface area contributed by atoms with Gasteiger partial charge in [0.05, 0.1) is 11.9 Å². The van der Waals surface area contributed by atoms with E-state index in [4.69, 9.17) is 0 Å². The summed E-state index contributed by atoms with van der Waals surface area (Å²) in [5.74, 6) is 0.795. The fourth-order valence-electron chi connectivity index (χ4n) is 1.21. The van der Waals surface area contributed by atoms with Gasteiger partial charge in [-0.1, -0.05) is 21.1 Å². The van der Waals surface area contributed by atoms with Gasteiger partial charge in [-0.05, 0) is 13.8 Å². The molecule has 15 heavy (non-hydrogen) atoms. The fourth-order valence-corrected chi connectivity index (χ4v) is 1.47. The summed E-state index contributed by atoms with van der Waals surface area (Å²) in [5, 5.41) is 13.1. The van der Waals surface area contributed by atoms with Crippen molar-refractivity contribution >= 4 is 15.9 Å². The van der Waals surface area contributed by atoms with Crippen molar-refractivity contribution in [3.8, 4) is 5.82 Å². The molecule has 2 aromatic rings. The molecule has 0 N–H and O–H groups in total. The third-order valence-corrected chi connectivity index (χ3v) is 2.61. The molecule has 0 saturated heterocycles. The van der Waals surface area contributed by atoms with E-state index >= 15 is 0 Å². The molecule has 0 amide bonds. The smallest absolute Gasteiger partial charge is 0.176 e. The highest BCUT2D eigenvalue weighted by Gasteiger charge is 2.06. The summed E-state index contributed by atoms with van der Waals surface area (Å²) in [4.78, 5) is 0. The summed E-state index contributed by atoms with van der Waals surface area (Å²) < 4.78 is 3.57. The lowest BCUT2D eigenvalue weighted by Crippen LogP contribution is -2.03. The van der Waals surface area contributed by atoms with E-state index in [2.05, 4.69) is 45.2 Å². The zero-order valence-corrected chi connectivity index (χ0v) is 10.2. The van der Waals surface area contributed by atoms with Crippen LogP contribution in [0, 0.1) is 0 Å². The first-order valence-corrected chi connectivity index (χ1v) is 5.85. The van der Waals surface area contributed by atoms with Gasteiger partial charge in [-0.3, -0.25) is 4.68 Å². The lowest BCUT2D eigenvalue weighted by molar-refractivity contribution is 0.527. The van der Waals surface area contributed by atoms with Crippen molar-refractivity contribution in [3.63, 3.8) is 0 Å². The molecule has 0 aliphatic rings.